The zero-order chi connectivity index (χ0) is 11.4. The fraction of sp³-hybridized carbons (Fsp3) is 1.00. The molecule has 86 valence electrons. The van der Waals surface area contributed by atoms with Crippen LogP contribution >= 0.6 is 0 Å². The molecule has 0 saturated carbocycles. The monoisotopic (exact) mass is 202 g/mol. The molecule has 0 spiro atoms. The Balaban J connectivity index is 3.84. The summed E-state index contributed by atoms with van der Waals surface area (Å²) < 4.78 is 6.85. The topological polar surface area (TPSA) is 9.23 Å². The van der Waals surface area contributed by atoms with Crippen molar-refractivity contribution in [3.05, 3.63) is 0 Å². The van der Waals surface area contributed by atoms with E-state index in [1.165, 1.54) is 0 Å². The van der Waals surface area contributed by atoms with Crippen molar-refractivity contribution in [2.75, 3.05) is 34.3 Å². The van der Waals surface area contributed by atoms with Gasteiger partial charge in [-0.2, -0.15) is 0 Å². The van der Waals surface area contributed by atoms with Gasteiger partial charge in [0.1, 0.15) is 12.1 Å². The molecule has 0 aliphatic rings. The molecule has 0 radical (unpaired) electrons. The number of hydrogen-bond donors (Lipinski definition) is 0. The van der Waals surface area contributed by atoms with E-state index in [4.69, 9.17) is 4.74 Å². The average Bonchev–Trinajstić information content (AvgIpc) is 1.78. The van der Waals surface area contributed by atoms with E-state index in [9.17, 15) is 0 Å². The molecule has 0 saturated heterocycles. The third-order valence-corrected chi connectivity index (χ3v) is 2.04. The summed E-state index contributed by atoms with van der Waals surface area (Å²) in [4.78, 5) is 0. The van der Waals surface area contributed by atoms with Gasteiger partial charge in [0.15, 0.2) is 0 Å². The Kier molecular flexibility index (Phi) is 5.10. The van der Waals surface area contributed by atoms with Gasteiger partial charge in [0.05, 0.1) is 21.1 Å². The Labute approximate surface area is 89.8 Å². The second-order valence-corrected chi connectivity index (χ2v) is 6.24. The minimum Gasteiger partial charge on any atom is -0.370 e. The van der Waals surface area contributed by atoms with Crippen LogP contribution < -0.4 is 0 Å². The Morgan fingerprint density at radius 3 is 2.00 bits per heavy atom. The maximum atomic E-state index is 5.90. The fourth-order valence-corrected chi connectivity index (χ4v) is 1.76. The van der Waals surface area contributed by atoms with E-state index in [-0.39, 0.29) is 5.60 Å². The van der Waals surface area contributed by atoms with Crippen LogP contribution in [0.5, 0.6) is 0 Å². The minimum absolute atomic E-state index is 0.00681. The van der Waals surface area contributed by atoms with Crippen LogP contribution in [-0.2, 0) is 4.74 Å². The molecular formula is C12H28NO+. The summed E-state index contributed by atoms with van der Waals surface area (Å²) in [5.41, 5.74) is -0.00681. The van der Waals surface area contributed by atoms with Crippen LogP contribution in [0.1, 0.15) is 34.1 Å². The molecule has 0 rings (SSSR count). The molecule has 0 aliphatic carbocycles. The van der Waals surface area contributed by atoms with Gasteiger partial charge in [0.2, 0.25) is 0 Å². The lowest BCUT2D eigenvalue weighted by Crippen LogP contribution is -2.47. The van der Waals surface area contributed by atoms with E-state index in [1.807, 2.05) is 0 Å². The molecule has 14 heavy (non-hydrogen) atoms. The average molecular weight is 202 g/mol. The summed E-state index contributed by atoms with van der Waals surface area (Å²) in [6.07, 6.45) is 1.15. The molecule has 0 fully saturated rings. The van der Waals surface area contributed by atoms with E-state index in [0.717, 1.165) is 30.0 Å². The number of nitrogens with zero attached hydrogens (tertiary/aromatic N) is 1. The van der Waals surface area contributed by atoms with Gasteiger partial charge in [0, 0.05) is 6.61 Å². The summed E-state index contributed by atoms with van der Waals surface area (Å²) in [7, 11) is 6.61. The first-order chi connectivity index (χ1) is 6.12. The van der Waals surface area contributed by atoms with Crippen LogP contribution in [0, 0.1) is 5.92 Å². The van der Waals surface area contributed by atoms with Crippen molar-refractivity contribution >= 4 is 0 Å². The SMILES string of the molecule is CC(C)CCOC(C)(C)C[N+](C)(C)C. The third-order valence-electron chi connectivity index (χ3n) is 2.04. The molecular weight excluding hydrogens is 174 g/mol. The molecule has 0 atom stereocenters. The van der Waals surface area contributed by atoms with Gasteiger partial charge in [-0.25, -0.2) is 0 Å². The second-order valence-electron chi connectivity index (χ2n) is 6.24. The molecule has 2 heteroatoms. The van der Waals surface area contributed by atoms with Crippen molar-refractivity contribution < 1.29 is 9.22 Å². The van der Waals surface area contributed by atoms with Gasteiger partial charge in [-0.05, 0) is 26.2 Å². The predicted molar refractivity (Wildman–Crippen MR) is 62.4 cm³/mol. The number of hydrogen-bond acceptors (Lipinski definition) is 1. The molecule has 0 aromatic heterocycles. The zero-order valence-corrected chi connectivity index (χ0v) is 11.1. The number of quaternary nitrogens is 1. The van der Waals surface area contributed by atoms with Crippen molar-refractivity contribution in [1.82, 2.24) is 0 Å². The lowest BCUT2D eigenvalue weighted by Gasteiger charge is -2.34. The predicted octanol–water partition coefficient (Wildman–Crippen LogP) is 2.53. The van der Waals surface area contributed by atoms with Crippen molar-refractivity contribution in [3.63, 3.8) is 0 Å². The third kappa shape index (κ3) is 8.52. The van der Waals surface area contributed by atoms with E-state index in [0.29, 0.717) is 0 Å². The van der Waals surface area contributed by atoms with Crippen molar-refractivity contribution in [3.8, 4) is 0 Å². The summed E-state index contributed by atoms with van der Waals surface area (Å²) in [5, 5.41) is 0. The van der Waals surface area contributed by atoms with E-state index in [2.05, 4.69) is 48.8 Å². The molecule has 0 unspecified atom stereocenters. The smallest absolute Gasteiger partial charge is 0.111 e. The van der Waals surface area contributed by atoms with E-state index < -0.39 is 0 Å². The largest absolute Gasteiger partial charge is 0.370 e. The quantitative estimate of drug-likeness (QED) is 0.601. The second kappa shape index (κ2) is 5.13. The first-order valence-electron chi connectivity index (χ1n) is 5.57. The van der Waals surface area contributed by atoms with Gasteiger partial charge in [-0.15, -0.1) is 0 Å². The van der Waals surface area contributed by atoms with Crippen molar-refractivity contribution in [2.24, 2.45) is 5.92 Å². The highest BCUT2D eigenvalue weighted by Gasteiger charge is 2.26. The maximum Gasteiger partial charge on any atom is 0.111 e. The molecule has 0 aromatic carbocycles. The summed E-state index contributed by atoms with van der Waals surface area (Å²) in [5.74, 6) is 0.731. The fourth-order valence-electron chi connectivity index (χ4n) is 1.76. The molecule has 0 bridgehead atoms. The van der Waals surface area contributed by atoms with Crippen LogP contribution in [0.4, 0.5) is 0 Å². The van der Waals surface area contributed by atoms with Gasteiger partial charge < -0.3 is 9.22 Å². The first-order valence-corrected chi connectivity index (χ1v) is 5.57. The van der Waals surface area contributed by atoms with Gasteiger partial charge >= 0.3 is 0 Å². The highest BCUT2D eigenvalue weighted by atomic mass is 16.5. The van der Waals surface area contributed by atoms with Gasteiger partial charge in [-0.3, -0.25) is 0 Å². The standard InChI is InChI=1S/C12H28NO/c1-11(2)8-9-14-12(3,4)10-13(5,6)7/h11H,8-10H2,1-7H3/q+1. The highest BCUT2D eigenvalue weighted by molar-refractivity contribution is 4.67. The molecule has 0 amide bonds. The Morgan fingerprint density at radius 1 is 1.14 bits per heavy atom. The molecule has 0 N–H and O–H groups in total. The minimum atomic E-state index is -0.00681. The maximum absolute atomic E-state index is 5.90. The normalized spacial score (nSPS) is 13.7. The highest BCUT2D eigenvalue weighted by Crippen LogP contribution is 2.14. The molecule has 0 heterocycles. The van der Waals surface area contributed by atoms with E-state index in [1.54, 1.807) is 0 Å². The van der Waals surface area contributed by atoms with Gasteiger partial charge in [0.25, 0.3) is 0 Å². The van der Waals surface area contributed by atoms with Crippen LogP contribution in [0.15, 0.2) is 0 Å². The van der Waals surface area contributed by atoms with Crippen LogP contribution in [0.2, 0.25) is 0 Å². The Morgan fingerprint density at radius 2 is 1.64 bits per heavy atom. The zero-order valence-electron chi connectivity index (χ0n) is 11.1. The van der Waals surface area contributed by atoms with Crippen LogP contribution in [0.3, 0.4) is 0 Å². The van der Waals surface area contributed by atoms with Crippen LogP contribution in [0.25, 0.3) is 0 Å². The van der Waals surface area contributed by atoms with Gasteiger partial charge in [-0.1, -0.05) is 13.8 Å². The summed E-state index contributed by atoms with van der Waals surface area (Å²) >= 11 is 0. The van der Waals surface area contributed by atoms with E-state index >= 15 is 0 Å². The Hall–Kier alpha value is -0.0800. The first kappa shape index (κ1) is 13.9. The van der Waals surface area contributed by atoms with Crippen molar-refractivity contribution in [1.29, 1.82) is 0 Å². The number of ether oxygens (including phenoxy) is 1. The van der Waals surface area contributed by atoms with Crippen LogP contribution in [-0.4, -0.2) is 44.4 Å². The lowest BCUT2D eigenvalue weighted by molar-refractivity contribution is -0.876. The molecule has 2 nitrogen and oxygen atoms in total. The molecule has 0 aliphatic heterocycles. The summed E-state index contributed by atoms with van der Waals surface area (Å²) in [6.45, 7) is 10.7. The van der Waals surface area contributed by atoms with Crippen molar-refractivity contribution in [2.45, 2.75) is 39.7 Å². The summed E-state index contributed by atoms with van der Waals surface area (Å²) in [6, 6.07) is 0. The number of likely N-dealkylation sites (N-methyl/N-ethyl adjacent to an activating group) is 1. The number of rotatable bonds is 6. The molecule has 0 aromatic rings. The lowest BCUT2D eigenvalue weighted by atomic mass is 10.1. The Bertz CT molecular complexity index is 156.